The van der Waals surface area contributed by atoms with E-state index in [9.17, 15) is 0 Å². The van der Waals surface area contributed by atoms with Crippen LogP contribution in [0.3, 0.4) is 0 Å². The lowest BCUT2D eigenvalue weighted by Gasteiger charge is -2.08. The van der Waals surface area contributed by atoms with Crippen molar-refractivity contribution in [3.05, 3.63) is 64.8 Å². The minimum Gasteiger partial charge on any atom is -0.376 e. The van der Waals surface area contributed by atoms with Gasteiger partial charge in [-0.2, -0.15) is 0 Å². The molecule has 0 spiro atoms. The summed E-state index contributed by atoms with van der Waals surface area (Å²) in [6.45, 7) is 4.29. The Morgan fingerprint density at radius 1 is 0.950 bits per heavy atom. The topological polar surface area (TPSA) is 27.8 Å². The highest BCUT2D eigenvalue weighted by Crippen LogP contribution is 2.35. The van der Waals surface area contributed by atoms with Crippen LogP contribution in [-0.4, -0.2) is 4.98 Å². The van der Waals surface area contributed by atoms with Crippen molar-refractivity contribution in [2.24, 2.45) is 0 Å². The smallest absolute Gasteiger partial charge is 0.0704 e. The van der Waals surface area contributed by atoms with Crippen LogP contribution in [0.5, 0.6) is 0 Å². The highest BCUT2D eigenvalue weighted by molar-refractivity contribution is 5.81. The number of hydrogen-bond acceptors (Lipinski definition) is 1. The Kier molecular flexibility index (Phi) is 2.40. The molecule has 0 aliphatic carbocycles. The summed E-state index contributed by atoms with van der Waals surface area (Å²) in [5.41, 5.74) is 7.83. The Bertz CT molecular complexity index is 798. The van der Waals surface area contributed by atoms with Crippen LogP contribution < -0.4 is 5.32 Å². The summed E-state index contributed by atoms with van der Waals surface area (Å²) in [6, 6.07) is 15.8. The SMILES string of the molecule is Cc1ccc2c(c1)C[C@H](c1cc3cc(C)ccc3[nH]1)N2. The summed E-state index contributed by atoms with van der Waals surface area (Å²) in [5.74, 6) is 0. The minimum atomic E-state index is 0.361. The van der Waals surface area contributed by atoms with Gasteiger partial charge in [0.1, 0.15) is 0 Å². The molecular weight excluding hydrogens is 244 g/mol. The molecular formula is C18H18N2. The lowest BCUT2D eigenvalue weighted by Crippen LogP contribution is -2.05. The van der Waals surface area contributed by atoms with Gasteiger partial charge in [0.05, 0.1) is 6.04 Å². The fraction of sp³-hybridized carbons (Fsp3) is 0.222. The molecule has 2 nitrogen and oxygen atoms in total. The fourth-order valence-corrected chi connectivity index (χ4v) is 3.14. The Hall–Kier alpha value is -2.22. The summed E-state index contributed by atoms with van der Waals surface area (Å²) in [7, 11) is 0. The molecule has 3 aromatic rings. The average molecular weight is 262 g/mol. The second-order valence-electron chi connectivity index (χ2n) is 5.88. The zero-order chi connectivity index (χ0) is 13.7. The first-order valence-electron chi connectivity index (χ1n) is 7.14. The first-order valence-corrected chi connectivity index (χ1v) is 7.14. The molecule has 0 bridgehead atoms. The number of aryl methyl sites for hydroxylation is 2. The van der Waals surface area contributed by atoms with E-state index in [-0.39, 0.29) is 0 Å². The number of hydrogen-bond donors (Lipinski definition) is 2. The van der Waals surface area contributed by atoms with Crippen LogP contribution in [0.2, 0.25) is 0 Å². The molecule has 1 aliphatic rings. The van der Waals surface area contributed by atoms with E-state index in [4.69, 9.17) is 0 Å². The Balaban J connectivity index is 1.71. The lowest BCUT2D eigenvalue weighted by molar-refractivity contribution is 0.799. The van der Waals surface area contributed by atoms with Crippen molar-refractivity contribution in [3.8, 4) is 0 Å². The average Bonchev–Trinajstić information content (AvgIpc) is 3.00. The Morgan fingerprint density at radius 3 is 2.65 bits per heavy atom. The summed E-state index contributed by atoms with van der Waals surface area (Å²) < 4.78 is 0. The Morgan fingerprint density at radius 2 is 1.75 bits per heavy atom. The summed E-state index contributed by atoms with van der Waals surface area (Å²) in [6.07, 6.45) is 1.06. The monoisotopic (exact) mass is 262 g/mol. The molecule has 100 valence electrons. The van der Waals surface area contributed by atoms with Crippen LogP contribution in [0.4, 0.5) is 5.69 Å². The molecule has 2 heteroatoms. The third kappa shape index (κ3) is 1.80. The van der Waals surface area contributed by atoms with Gasteiger partial charge in [0.15, 0.2) is 0 Å². The number of fused-ring (bicyclic) bond motifs is 2. The molecule has 1 aliphatic heterocycles. The first-order chi connectivity index (χ1) is 9.69. The number of aromatic nitrogens is 1. The van der Waals surface area contributed by atoms with Crippen LogP contribution in [-0.2, 0) is 6.42 Å². The van der Waals surface area contributed by atoms with Gasteiger partial charge in [-0.3, -0.25) is 0 Å². The summed E-state index contributed by atoms with van der Waals surface area (Å²) in [5, 5.41) is 4.92. The number of rotatable bonds is 1. The molecule has 0 saturated heterocycles. The van der Waals surface area contributed by atoms with E-state index in [1.54, 1.807) is 0 Å². The predicted molar refractivity (Wildman–Crippen MR) is 84.3 cm³/mol. The van der Waals surface area contributed by atoms with E-state index >= 15 is 0 Å². The van der Waals surface area contributed by atoms with Crippen molar-refractivity contribution < 1.29 is 0 Å². The maximum Gasteiger partial charge on any atom is 0.0704 e. The van der Waals surface area contributed by atoms with Gasteiger partial charge in [0.25, 0.3) is 0 Å². The quantitative estimate of drug-likeness (QED) is 0.664. The van der Waals surface area contributed by atoms with Crippen molar-refractivity contribution >= 4 is 16.6 Å². The van der Waals surface area contributed by atoms with Gasteiger partial charge >= 0.3 is 0 Å². The van der Waals surface area contributed by atoms with Gasteiger partial charge in [-0.15, -0.1) is 0 Å². The molecule has 2 heterocycles. The van der Waals surface area contributed by atoms with Crippen LogP contribution in [0, 0.1) is 13.8 Å². The summed E-state index contributed by atoms with van der Waals surface area (Å²) in [4.78, 5) is 3.55. The standard InChI is InChI=1S/C18H18N2/c1-11-3-5-15-13(7-11)9-17(19-15)18-10-14-8-12(2)4-6-16(14)20-18/h3-9,18-20H,10H2,1-2H3/t18-/m1/s1. The van der Waals surface area contributed by atoms with Crippen molar-refractivity contribution in [1.82, 2.24) is 4.98 Å². The first kappa shape index (κ1) is 11.6. The molecule has 4 rings (SSSR count). The highest BCUT2D eigenvalue weighted by atomic mass is 15.0. The number of H-pyrrole nitrogens is 1. The highest BCUT2D eigenvalue weighted by Gasteiger charge is 2.23. The van der Waals surface area contributed by atoms with E-state index < -0.39 is 0 Å². The van der Waals surface area contributed by atoms with Crippen molar-refractivity contribution in [2.45, 2.75) is 26.3 Å². The van der Waals surface area contributed by atoms with E-state index in [0.29, 0.717) is 6.04 Å². The molecule has 0 amide bonds. The summed E-state index contributed by atoms with van der Waals surface area (Å²) >= 11 is 0. The lowest BCUT2D eigenvalue weighted by atomic mass is 10.1. The number of benzene rings is 2. The second-order valence-corrected chi connectivity index (χ2v) is 5.88. The molecule has 2 aromatic carbocycles. The molecule has 0 saturated carbocycles. The van der Waals surface area contributed by atoms with Crippen molar-refractivity contribution in [1.29, 1.82) is 0 Å². The molecule has 0 fully saturated rings. The van der Waals surface area contributed by atoms with E-state index in [0.717, 1.165) is 6.42 Å². The zero-order valence-electron chi connectivity index (χ0n) is 11.8. The van der Waals surface area contributed by atoms with Crippen LogP contribution in [0.1, 0.15) is 28.4 Å². The fourth-order valence-electron chi connectivity index (χ4n) is 3.14. The number of nitrogens with one attached hydrogen (secondary N) is 2. The van der Waals surface area contributed by atoms with Crippen LogP contribution >= 0.6 is 0 Å². The van der Waals surface area contributed by atoms with Crippen molar-refractivity contribution in [3.63, 3.8) is 0 Å². The molecule has 20 heavy (non-hydrogen) atoms. The molecule has 1 aromatic heterocycles. The normalized spacial score (nSPS) is 17.2. The second kappa shape index (κ2) is 4.14. The Labute approximate surface area is 118 Å². The van der Waals surface area contributed by atoms with Gasteiger partial charge in [-0.25, -0.2) is 0 Å². The zero-order valence-corrected chi connectivity index (χ0v) is 11.8. The number of aromatic amines is 1. The van der Waals surface area contributed by atoms with Gasteiger partial charge in [0.2, 0.25) is 0 Å². The minimum absolute atomic E-state index is 0.361. The number of anilines is 1. The molecule has 0 unspecified atom stereocenters. The van der Waals surface area contributed by atoms with Gasteiger partial charge in [0, 0.05) is 23.3 Å². The third-order valence-electron chi connectivity index (χ3n) is 4.19. The molecule has 1 atom stereocenters. The van der Waals surface area contributed by atoms with E-state index in [1.807, 2.05) is 0 Å². The van der Waals surface area contributed by atoms with Gasteiger partial charge in [-0.05, 0) is 49.1 Å². The van der Waals surface area contributed by atoms with Crippen LogP contribution in [0.25, 0.3) is 10.9 Å². The molecule has 2 N–H and O–H groups in total. The van der Waals surface area contributed by atoms with Crippen LogP contribution in [0.15, 0.2) is 42.5 Å². The van der Waals surface area contributed by atoms with E-state index in [1.165, 1.54) is 39.0 Å². The van der Waals surface area contributed by atoms with Gasteiger partial charge < -0.3 is 10.3 Å². The largest absolute Gasteiger partial charge is 0.376 e. The third-order valence-corrected chi connectivity index (χ3v) is 4.19. The van der Waals surface area contributed by atoms with E-state index in [2.05, 4.69) is 66.6 Å². The predicted octanol–water partition coefficient (Wildman–Crippen LogP) is 4.49. The molecule has 0 radical (unpaired) electrons. The maximum atomic E-state index is 3.62. The maximum absolute atomic E-state index is 3.62. The van der Waals surface area contributed by atoms with Gasteiger partial charge in [-0.1, -0.05) is 29.3 Å². The van der Waals surface area contributed by atoms with Crippen molar-refractivity contribution in [2.75, 3.05) is 5.32 Å².